The van der Waals surface area contributed by atoms with Gasteiger partial charge in [-0.3, -0.25) is 15.1 Å². The second kappa shape index (κ2) is 10.4. The number of nitrogens with one attached hydrogen (secondary N) is 2. The number of anilines is 1. The van der Waals surface area contributed by atoms with Gasteiger partial charge in [0.1, 0.15) is 11.5 Å². The van der Waals surface area contributed by atoms with E-state index in [1.807, 2.05) is 37.3 Å². The van der Waals surface area contributed by atoms with Gasteiger partial charge >= 0.3 is 0 Å². The van der Waals surface area contributed by atoms with E-state index < -0.39 is 0 Å². The quantitative estimate of drug-likeness (QED) is 0.438. The summed E-state index contributed by atoms with van der Waals surface area (Å²) in [4.78, 5) is 21.6. The molecule has 2 aromatic carbocycles. The summed E-state index contributed by atoms with van der Waals surface area (Å²) in [7, 11) is 3.05. The summed E-state index contributed by atoms with van der Waals surface area (Å²) in [6, 6.07) is 14.2. The molecule has 0 radical (unpaired) electrons. The number of methoxy groups -OCH3 is 2. The van der Waals surface area contributed by atoms with Crippen LogP contribution in [0.2, 0.25) is 5.02 Å². The summed E-state index contributed by atoms with van der Waals surface area (Å²) in [6.07, 6.45) is 3.41. The summed E-state index contributed by atoms with van der Waals surface area (Å²) >= 11 is 6.35. The Bertz CT molecular complexity index is 1070. The number of aliphatic imine (C=N–C) groups is 1. The van der Waals surface area contributed by atoms with Crippen molar-refractivity contribution in [2.24, 2.45) is 4.99 Å². The fourth-order valence-corrected chi connectivity index (χ4v) is 3.02. The van der Waals surface area contributed by atoms with E-state index in [4.69, 9.17) is 21.1 Å². The van der Waals surface area contributed by atoms with Crippen LogP contribution in [0, 0.1) is 6.92 Å². The van der Waals surface area contributed by atoms with E-state index in [9.17, 15) is 4.79 Å². The highest BCUT2D eigenvalue weighted by molar-refractivity contribution is 6.34. The largest absolute Gasteiger partial charge is 0.497 e. The molecule has 1 aromatic heterocycles. The van der Waals surface area contributed by atoms with Gasteiger partial charge in [0.2, 0.25) is 5.96 Å². The molecule has 0 aliphatic rings. The predicted molar refractivity (Wildman–Crippen MR) is 122 cm³/mol. The van der Waals surface area contributed by atoms with Gasteiger partial charge < -0.3 is 14.8 Å². The third kappa shape index (κ3) is 6.20. The third-order valence-electron chi connectivity index (χ3n) is 4.37. The van der Waals surface area contributed by atoms with Crippen LogP contribution in [0.3, 0.4) is 0 Å². The number of carbonyl (C=O) groups is 1. The second-order valence-electron chi connectivity index (χ2n) is 6.69. The van der Waals surface area contributed by atoms with Crippen LogP contribution in [0.25, 0.3) is 0 Å². The topological polar surface area (TPSA) is 84.8 Å². The Hall–Kier alpha value is -3.58. The van der Waals surface area contributed by atoms with Crippen molar-refractivity contribution in [1.29, 1.82) is 0 Å². The van der Waals surface area contributed by atoms with Crippen molar-refractivity contribution in [3.8, 4) is 11.5 Å². The van der Waals surface area contributed by atoms with Gasteiger partial charge in [-0.15, -0.1) is 0 Å². The number of hydrogen-bond acceptors (Lipinski definition) is 5. The molecular weight excluding hydrogens is 416 g/mol. The lowest BCUT2D eigenvalue weighted by Gasteiger charge is -2.14. The molecule has 3 aromatic rings. The number of rotatable bonds is 6. The minimum atomic E-state index is -0.377. The zero-order valence-corrected chi connectivity index (χ0v) is 18.2. The van der Waals surface area contributed by atoms with Crippen molar-refractivity contribution in [3.05, 3.63) is 82.6 Å². The molecule has 8 heteroatoms. The number of halogens is 1. The van der Waals surface area contributed by atoms with E-state index in [0.29, 0.717) is 34.3 Å². The number of pyridine rings is 1. The molecule has 0 atom stereocenters. The lowest BCUT2D eigenvalue weighted by molar-refractivity contribution is 0.0976. The summed E-state index contributed by atoms with van der Waals surface area (Å²) in [6.45, 7) is 2.27. The fourth-order valence-electron chi connectivity index (χ4n) is 2.74. The summed E-state index contributed by atoms with van der Waals surface area (Å²) in [5.41, 5.74) is 2.91. The average Bonchev–Trinajstić information content (AvgIpc) is 2.79. The first-order valence-electron chi connectivity index (χ1n) is 9.49. The number of amides is 1. The Labute approximate surface area is 186 Å². The summed E-state index contributed by atoms with van der Waals surface area (Å²) < 4.78 is 10.5. The number of aromatic nitrogens is 1. The van der Waals surface area contributed by atoms with E-state index in [2.05, 4.69) is 20.6 Å². The summed E-state index contributed by atoms with van der Waals surface area (Å²) in [5, 5.41) is 6.43. The fraction of sp³-hybridized carbons (Fsp3) is 0.174. The molecule has 0 spiro atoms. The van der Waals surface area contributed by atoms with Gasteiger partial charge in [-0.05, 0) is 48.4 Å². The van der Waals surface area contributed by atoms with Crippen LogP contribution in [0.4, 0.5) is 5.69 Å². The smallest absolute Gasteiger partial charge is 0.258 e. The molecular formula is C23H23ClN4O3. The molecule has 3 rings (SSSR count). The standard InChI is InChI=1S/C23H23ClN4O3/c1-15-6-7-21(20(24)9-15)27-23(26-14-16-5-4-8-25-13-16)28-22(29)17-10-18(30-2)12-19(11-17)31-3/h4-13H,14H2,1-3H3,(H2,26,27,28,29). The number of hydrogen-bond donors (Lipinski definition) is 2. The molecule has 0 fully saturated rings. The molecule has 0 aliphatic carbocycles. The van der Waals surface area contributed by atoms with Crippen LogP contribution in [0.1, 0.15) is 21.5 Å². The summed E-state index contributed by atoms with van der Waals surface area (Å²) in [5.74, 6) is 0.889. The Morgan fingerprint density at radius 3 is 2.45 bits per heavy atom. The van der Waals surface area contributed by atoms with Crippen molar-refractivity contribution in [2.45, 2.75) is 13.5 Å². The van der Waals surface area contributed by atoms with Crippen LogP contribution < -0.4 is 20.1 Å². The van der Waals surface area contributed by atoms with Crippen molar-refractivity contribution in [1.82, 2.24) is 10.3 Å². The van der Waals surface area contributed by atoms with Crippen molar-refractivity contribution in [3.63, 3.8) is 0 Å². The molecule has 1 amide bonds. The lowest BCUT2D eigenvalue weighted by atomic mass is 10.2. The van der Waals surface area contributed by atoms with E-state index in [1.54, 1.807) is 30.6 Å². The maximum absolute atomic E-state index is 12.9. The first kappa shape index (κ1) is 22.1. The number of nitrogens with zero attached hydrogens (tertiary/aromatic N) is 2. The van der Waals surface area contributed by atoms with Crippen LogP contribution in [-0.2, 0) is 6.54 Å². The third-order valence-corrected chi connectivity index (χ3v) is 4.68. The molecule has 2 N–H and O–H groups in total. The van der Waals surface area contributed by atoms with E-state index >= 15 is 0 Å². The van der Waals surface area contributed by atoms with Crippen LogP contribution >= 0.6 is 11.6 Å². The number of benzene rings is 2. The maximum Gasteiger partial charge on any atom is 0.258 e. The molecule has 0 saturated carbocycles. The van der Waals surface area contributed by atoms with Gasteiger partial charge in [-0.25, -0.2) is 4.99 Å². The SMILES string of the molecule is COc1cc(OC)cc(C(=O)NC(=NCc2cccnc2)Nc2ccc(C)cc2Cl)c1. The molecule has 1 heterocycles. The van der Waals surface area contributed by atoms with E-state index in [-0.39, 0.29) is 11.9 Å². The molecule has 7 nitrogen and oxygen atoms in total. The number of guanidine groups is 1. The van der Waals surface area contributed by atoms with E-state index in [1.165, 1.54) is 14.2 Å². The molecule has 160 valence electrons. The van der Waals surface area contributed by atoms with Crippen molar-refractivity contribution in [2.75, 3.05) is 19.5 Å². The average molecular weight is 439 g/mol. The maximum atomic E-state index is 12.9. The highest BCUT2D eigenvalue weighted by atomic mass is 35.5. The van der Waals surface area contributed by atoms with Crippen molar-refractivity contribution >= 4 is 29.2 Å². The van der Waals surface area contributed by atoms with Crippen LogP contribution in [0.15, 0.2) is 65.9 Å². The van der Waals surface area contributed by atoms with E-state index in [0.717, 1.165) is 11.1 Å². The zero-order valence-electron chi connectivity index (χ0n) is 17.5. The number of ether oxygens (including phenoxy) is 2. The highest BCUT2D eigenvalue weighted by Crippen LogP contribution is 2.24. The Morgan fingerprint density at radius 1 is 1.10 bits per heavy atom. The minimum Gasteiger partial charge on any atom is -0.497 e. The Balaban J connectivity index is 1.87. The van der Waals surface area contributed by atoms with Gasteiger partial charge in [0.15, 0.2) is 0 Å². The Morgan fingerprint density at radius 2 is 1.84 bits per heavy atom. The Kier molecular flexibility index (Phi) is 7.45. The lowest BCUT2D eigenvalue weighted by Crippen LogP contribution is -2.36. The second-order valence-corrected chi connectivity index (χ2v) is 7.10. The number of carbonyl (C=O) groups excluding carboxylic acids is 1. The van der Waals surface area contributed by atoms with Gasteiger partial charge in [0.25, 0.3) is 5.91 Å². The highest BCUT2D eigenvalue weighted by Gasteiger charge is 2.13. The van der Waals surface area contributed by atoms with Gasteiger partial charge in [-0.1, -0.05) is 23.7 Å². The predicted octanol–water partition coefficient (Wildman–Crippen LogP) is 4.46. The number of aryl methyl sites for hydroxylation is 1. The zero-order chi connectivity index (χ0) is 22.2. The van der Waals surface area contributed by atoms with Gasteiger partial charge in [0.05, 0.1) is 31.5 Å². The molecule has 0 unspecified atom stereocenters. The molecule has 31 heavy (non-hydrogen) atoms. The first-order valence-corrected chi connectivity index (χ1v) is 9.87. The normalized spacial score (nSPS) is 11.0. The van der Waals surface area contributed by atoms with Gasteiger partial charge in [-0.2, -0.15) is 0 Å². The monoisotopic (exact) mass is 438 g/mol. The first-order chi connectivity index (χ1) is 15.0. The van der Waals surface area contributed by atoms with Crippen molar-refractivity contribution < 1.29 is 14.3 Å². The minimum absolute atomic E-state index is 0.251. The molecule has 0 saturated heterocycles. The molecule has 0 aliphatic heterocycles. The molecule has 0 bridgehead atoms. The van der Waals surface area contributed by atoms with Gasteiger partial charge in [0, 0.05) is 24.0 Å². The van der Waals surface area contributed by atoms with Crippen LogP contribution in [-0.4, -0.2) is 31.1 Å². The van der Waals surface area contributed by atoms with Crippen LogP contribution in [0.5, 0.6) is 11.5 Å².